The molecule has 1 aromatic carbocycles. The minimum absolute atomic E-state index is 0.0155. The summed E-state index contributed by atoms with van der Waals surface area (Å²) in [5, 5.41) is 0. The van der Waals surface area contributed by atoms with E-state index >= 15 is 0 Å². The van der Waals surface area contributed by atoms with Crippen molar-refractivity contribution in [1.29, 1.82) is 0 Å². The van der Waals surface area contributed by atoms with Gasteiger partial charge in [-0.15, -0.1) is 0 Å². The highest BCUT2D eigenvalue weighted by Crippen LogP contribution is 2.37. The molecule has 4 heteroatoms. The van der Waals surface area contributed by atoms with Crippen LogP contribution in [0.3, 0.4) is 0 Å². The predicted molar refractivity (Wildman–Crippen MR) is 81.3 cm³/mol. The molecule has 110 valence electrons. The summed E-state index contributed by atoms with van der Waals surface area (Å²) in [7, 11) is 0. The molecule has 0 bridgehead atoms. The minimum Gasteiger partial charge on any atom is -0.489 e. The van der Waals surface area contributed by atoms with Crippen molar-refractivity contribution in [2.24, 2.45) is 0 Å². The highest BCUT2D eigenvalue weighted by Gasteiger charge is 2.39. The van der Waals surface area contributed by atoms with Crippen LogP contribution >= 0.6 is 15.9 Å². The Labute approximate surface area is 128 Å². The number of halogens is 1. The fourth-order valence-electron chi connectivity index (χ4n) is 3.06. The Morgan fingerprint density at radius 2 is 2.05 bits per heavy atom. The van der Waals surface area contributed by atoms with Crippen LogP contribution in [-0.2, 0) is 9.47 Å². The number of hydrogen-bond donors (Lipinski definition) is 0. The van der Waals surface area contributed by atoms with E-state index in [0.29, 0.717) is 0 Å². The third-order valence-corrected chi connectivity index (χ3v) is 4.85. The first-order chi connectivity index (χ1) is 9.67. The standard InChI is InChI=1S/C16H21BrO3/c1-12-2-3-15(14(17)10-12)20-13-4-7-19-16(11-13)5-8-18-9-6-16/h2-3,10,13H,4-9,11H2,1H3. The maximum atomic E-state index is 6.20. The molecule has 2 fully saturated rings. The predicted octanol–water partition coefficient (Wildman–Crippen LogP) is 3.86. The van der Waals surface area contributed by atoms with E-state index < -0.39 is 0 Å². The summed E-state index contributed by atoms with van der Waals surface area (Å²) in [5.74, 6) is 0.935. The molecular weight excluding hydrogens is 320 g/mol. The van der Waals surface area contributed by atoms with Crippen LogP contribution in [0.15, 0.2) is 22.7 Å². The van der Waals surface area contributed by atoms with E-state index in [-0.39, 0.29) is 11.7 Å². The maximum absolute atomic E-state index is 6.20. The Balaban J connectivity index is 1.68. The van der Waals surface area contributed by atoms with Crippen LogP contribution in [-0.4, -0.2) is 31.5 Å². The number of benzene rings is 1. The van der Waals surface area contributed by atoms with Crippen LogP contribution < -0.4 is 4.74 Å². The molecule has 2 aliphatic rings. The van der Waals surface area contributed by atoms with Gasteiger partial charge in [0.25, 0.3) is 0 Å². The molecule has 0 amide bonds. The van der Waals surface area contributed by atoms with E-state index in [4.69, 9.17) is 14.2 Å². The smallest absolute Gasteiger partial charge is 0.133 e. The lowest BCUT2D eigenvalue weighted by Crippen LogP contribution is -2.47. The van der Waals surface area contributed by atoms with Crippen LogP contribution in [0.4, 0.5) is 0 Å². The zero-order valence-corrected chi connectivity index (χ0v) is 13.4. The van der Waals surface area contributed by atoms with Crippen LogP contribution in [0.2, 0.25) is 0 Å². The molecule has 2 aliphatic heterocycles. The van der Waals surface area contributed by atoms with Crippen molar-refractivity contribution in [1.82, 2.24) is 0 Å². The van der Waals surface area contributed by atoms with Gasteiger partial charge in [-0.05, 0) is 53.4 Å². The summed E-state index contributed by atoms with van der Waals surface area (Å²) >= 11 is 3.59. The monoisotopic (exact) mass is 340 g/mol. The number of hydrogen-bond acceptors (Lipinski definition) is 3. The normalized spacial score (nSPS) is 25.6. The molecule has 20 heavy (non-hydrogen) atoms. The molecule has 1 unspecified atom stereocenters. The largest absolute Gasteiger partial charge is 0.489 e. The second-order valence-corrected chi connectivity index (χ2v) is 6.66. The van der Waals surface area contributed by atoms with Crippen LogP contribution in [0.1, 0.15) is 31.2 Å². The zero-order chi connectivity index (χ0) is 14.0. The van der Waals surface area contributed by atoms with Gasteiger partial charge >= 0.3 is 0 Å². The fourth-order valence-corrected chi connectivity index (χ4v) is 3.64. The molecule has 1 atom stereocenters. The quantitative estimate of drug-likeness (QED) is 0.817. The van der Waals surface area contributed by atoms with Gasteiger partial charge in [0.05, 0.1) is 16.7 Å². The van der Waals surface area contributed by atoms with Gasteiger partial charge in [0.1, 0.15) is 11.9 Å². The van der Waals surface area contributed by atoms with Gasteiger partial charge in [-0.3, -0.25) is 0 Å². The highest BCUT2D eigenvalue weighted by atomic mass is 79.9. The van der Waals surface area contributed by atoms with E-state index in [1.807, 2.05) is 6.07 Å². The molecule has 3 rings (SSSR count). The highest BCUT2D eigenvalue weighted by molar-refractivity contribution is 9.10. The van der Waals surface area contributed by atoms with Crippen molar-refractivity contribution >= 4 is 15.9 Å². The summed E-state index contributed by atoms with van der Waals surface area (Å²) in [4.78, 5) is 0. The SMILES string of the molecule is Cc1ccc(OC2CCOC3(CCOCC3)C2)c(Br)c1. The average Bonchev–Trinajstić information content (AvgIpc) is 2.43. The topological polar surface area (TPSA) is 27.7 Å². The molecule has 1 spiro atoms. The lowest BCUT2D eigenvalue weighted by atomic mass is 9.85. The third kappa shape index (κ3) is 3.18. The van der Waals surface area contributed by atoms with Crippen molar-refractivity contribution < 1.29 is 14.2 Å². The van der Waals surface area contributed by atoms with E-state index in [1.54, 1.807) is 0 Å². The Bertz CT molecular complexity index is 463. The van der Waals surface area contributed by atoms with Gasteiger partial charge in [0.2, 0.25) is 0 Å². The molecule has 0 N–H and O–H groups in total. The van der Waals surface area contributed by atoms with Crippen molar-refractivity contribution in [3.8, 4) is 5.75 Å². The van der Waals surface area contributed by atoms with E-state index in [9.17, 15) is 0 Å². The Morgan fingerprint density at radius 3 is 2.80 bits per heavy atom. The van der Waals surface area contributed by atoms with Gasteiger partial charge in [-0.25, -0.2) is 0 Å². The molecule has 1 aromatic rings. The third-order valence-electron chi connectivity index (χ3n) is 4.23. The molecular formula is C16H21BrO3. The molecule has 0 aliphatic carbocycles. The van der Waals surface area contributed by atoms with Crippen molar-refractivity contribution in [2.75, 3.05) is 19.8 Å². The van der Waals surface area contributed by atoms with E-state index in [2.05, 4.69) is 35.0 Å². The molecule has 2 heterocycles. The van der Waals surface area contributed by atoms with Crippen molar-refractivity contribution in [2.45, 2.75) is 44.3 Å². The lowest BCUT2D eigenvalue weighted by molar-refractivity contribution is -0.155. The fraction of sp³-hybridized carbons (Fsp3) is 0.625. The number of aryl methyl sites for hydroxylation is 1. The van der Waals surface area contributed by atoms with Crippen LogP contribution in [0.5, 0.6) is 5.75 Å². The zero-order valence-electron chi connectivity index (χ0n) is 11.9. The van der Waals surface area contributed by atoms with Crippen molar-refractivity contribution in [3.63, 3.8) is 0 Å². The lowest BCUT2D eigenvalue weighted by Gasteiger charge is -2.43. The summed E-state index contributed by atoms with van der Waals surface area (Å²) < 4.78 is 18.7. The van der Waals surface area contributed by atoms with Gasteiger partial charge in [0, 0.05) is 26.1 Å². The van der Waals surface area contributed by atoms with Gasteiger partial charge in [-0.2, -0.15) is 0 Å². The van der Waals surface area contributed by atoms with Crippen molar-refractivity contribution in [3.05, 3.63) is 28.2 Å². The summed E-state index contributed by atoms with van der Waals surface area (Å²) in [6.45, 7) is 4.48. The molecule has 0 aromatic heterocycles. The molecule has 3 nitrogen and oxygen atoms in total. The maximum Gasteiger partial charge on any atom is 0.133 e. The second kappa shape index (κ2) is 6.04. The first-order valence-corrected chi connectivity index (χ1v) is 8.11. The Morgan fingerprint density at radius 1 is 1.25 bits per heavy atom. The summed E-state index contributed by atoms with van der Waals surface area (Å²) in [6.07, 6.45) is 4.14. The van der Waals surface area contributed by atoms with E-state index in [1.165, 1.54) is 5.56 Å². The van der Waals surface area contributed by atoms with Gasteiger partial charge < -0.3 is 14.2 Å². The Hall–Kier alpha value is -0.580. The first kappa shape index (κ1) is 14.4. The minimum atomic E-state index is -0.0155. The van der Waals surface area contributed by atoms with Crippen LogP contribution in [0.25, 0.3) is 0 Å². The number of rotatable bonds is 2. The molecule has 0 radical (unpaired) electrons. The van der Waals surface area contributed by atoms with Gasteiger partial charge in [0.15, 0.2) is 0 Å². The second-order valence-electron chi connectivity index (χ2n) is 5.81. The van der Waals surface area contributed by atoms with Crippen LogP contribution in [0, 0.1) is 6.92 Å². The summed E-state index contributed by atoms with van der Waals surface area (Å²) in [6, 6.07) is 6.23. The molecule has 2 saturated heterocycles. The van der Waals surface area contributed by atoms with E-state index in [0.717, 1.165) is 55.7 Å². The number of ether oxygens (including phenoxy) is 3. The summed E-state index contributed by atoms with van der Waals surface area (Å²) in [5.41, 5.74) is 1.22. The average molecular weight is 341 g/mol. The first-order valence-electron chi connectivity index (χ1n) is 7.31. The Kier molecular flexibility index (Phi) is 4.34. The van der Waals surface area contributed by atoms with Gasteiger partial charge in [-0.1, -0.05) is 6.07 Å². The molecule has 0 saturated carbocycles.